The monoisotopic (exact) mass is 294 g/mol. The first-order chi connectivity index (χ1) is 10.2. The molecule has 0 saturated carbocycles. The van der Waals surface area contributed by atoms with Crippen LogP contribution in [0.4, 0.5) is 0 Å². The smallest absolute Gasteiger partial charge is 0.303 e. The summed E-state index contributed by atoms with van der Waals surface area (Å²) in [6.07, 6.45) is 13.4. The molecule has 1 fully saturated rings. The zero-order valence-electron chi connectivity index (χ0n) is 13.4. The molecule has 0 aromatic heterocycles. The summed E-state index contributed by atoms with van der Waals surface area (Å²) in [7, 11) is 0. The molecule has 0 aliphatic carbocycles. The molecule has 1 saturated heterocycles. The predicted molar refractivity (Wildman–Crippen MR) is 85.2 cm³/mol. The molecule has 0 aromatic carbocycles. The number of ether oxygens (including phenoxy) is 1. The molecule has 21 heavy (non-hydrogen) atoms. The molecule has 0 aromatic rings. The lowest BCUT2D eigenvalue weighted by atomic mass is 10.1. The van der Waals surface area contributed by atoms with Crippen molar-refractivity contribution in [2.24, 2.45) is 0 Å². The predicted octanol–water partition coefficient (Wildman–Crippen LogP) is 4.54. The molecule has 1 heterocycles. The standard InChI is InChI=1S/C18H30O3/c1-2-3-10-13-16-17(21-16)14-11-8-6-4-5-7-9-12-15-18(19)20/h16-17H,2-7,9-10,12-15H2,1H3,(H,19,20). The van der Waals surface area contributed by atoms with Gasteiger partial charge in [-0.15, -0.1) is 11.8 Å². The Labute approximate surface area is 129 Å². The van der Waals surface area contributed by atoms with Gasteiger partial charge in [-0.3, -0.25) is 4.79 Å². The Morgan fingerprint density at radius 2 is 1.76 bits per heavy atom. The van der Waals surface area contributed by atoms with Gasteiger partial charge in [0.05, 0.1) is 12.2 Å². The molecule has 120 valence electrons. The molecule has 1 aliphatic rings. The lowest BCUT2D eigenvalue weighted by Gasteiger charge is -1.97. The maximum absolute atomic E-state index is 10.3. The van der Waals surface area contributed by atoms with Gasteiger partial charge >= 0.3 is 5.97 Å². The van der Waals surface area contributed by atoms with Crippen molar-refractivity contribution in [2.75, 3.05) is 0 Å². The molecule has 1 aliphatic heterocycles. The van der Waals surface area contributed by atoms with Gasteiger partial charge in [-0.05, 0) is 19.3 Å². The molecule has 0 amide bonds. The topological polar surface area (TPSA) is 49.8 Å². The van der Waals surface area contributed by atoms with Crippen molar-refractivity contribution in [2.45, 2.75) is 96.2 Å². The van der Waals surface area contributed by atoms with Crippen molar-refractivity contribution >= 4 is 5.97 Å². The number of epoxide rings is 1. The van der Waals surface area contributed by atoms with Gasteiger partial charge in [0.25, 0.3) is 0 Å². The second-order valence-corrected chi connectivity index (χ2v) is 5.93. The van der Waals surface area contributed by atoms with Crippen LogP contribution in [0.1, 0.15) is 84.0 Å². The van der Waals surface area contributed by atoms with E-state index in [1.54, 1.807) is 0 Å². The van der Waals surface area contributed by atoms with E-state index in [9.17, 15) is 4.79 Å². The Hall–Kier alpha value is -1.01. The minimum atomic E-state index is -0.684. The van der Waals surface area contributed by atoms with E-state index >= 15 is 0 Å². The van der Waals surface area contributed by atoms with Gasteiger partial charge in [-0.25, -0.2) is 0 Å². The van der Waals surface area contributed by atoms with Gasteiger partial charge in [0.1, 0.15) is 0 Å². The molecular weight excluding hydrogens is 264 g/mol. The Kier molecular flexibility index (Phi) is 9.99. The quantitative estimate of drug-likeness (QED) is 0.326. The number of carbonyl (C=O) groups is 1. The maximum Gasteiger partial charge on any atom is 0.303 e. The van der Waals surface area contributed by atoms with Gasteiger partial charge in [-0.1, -0.05) is 45.4 Å². The van der Waals surface area contributed by atoms with Crippen molar-refractivity contribution in [1.82, 2.24) is 0 Å². The Morgan fingerprint density at radius 3 is 2.52 bits per heavy atom. The summed E-state index contributed by atoms with van der Waals surface area (Å²) in [6.45, 7) is 2.23. The van der Waals surface area contributed by atoms with E-state index in [-0.39, 0.29) is 0 Å². The molecule has 0 radical (unpaired) electrons. The first-order valence-corrected chi connectivity index (χ1v) is 8.57. The Balaban J connectivity index is 1.83. The summed E-state index contributed by atoms with van der Waals surface area (Å²) < 4.78 is 5.60. The van der Waals surface area contributed by atoms with Crippen molar-refractivity contribution in [3.63, 3.8) is 0 Å². The van der Waals surface area contributed by atoms with Crippen LogP contribution in [0.5, 0.6) is 0 Å². The van der Waals surface area contributed by atoms with Crippen LogP contribution < -0.4 is 0 Å². The van der Waals surface area contributed by atoms with Crippen LogP contribution in [0.25, 0.3) is 0 Å². The third-order valence-corrected chi connectivity index (χ3v) is 3.90. The van der Waals surface area contributed by atoms with Gasteiger partial charge in [0.2, 0.25) is 0 Å². The third-order valence-electron chi connectivity index (χ3n) is 3.90. The Bertz CT molecular complexity index is 340. The molecule has 0 bridgehead atoms. The maximum atomic E-state index is 10.3. The third kappa shape index (κ3) is 10.4. The highest BCUT2D eigenvalue weighted by Gasteiger charge is 2.36. The highest BCUT2D eigenvalue weighted by Crippen LogP contribution is 2.29. The van der Waals surface area contributed by atoms with Crippen LogP contribution in [-0.2, 0) is 9.53 Å². The van der Waals surface area contributed by atoms with Crippen molar-refractivity contribution in [1.29, 1.82) is 0 Å². The molecule has 0 spiro atoms. The van der Waals surface area contributed by atoms with Crippen LogP contribution in [0.15, 0.2) is 0 Å². The number of carboxylic acid groups (broad SMARTS) is 1. The molecule has 3 heteroatoms. The van der Waals surface area contributed by atoms with Gasteiger partial charge in [-0.2, -0.15) is 0 Å². The second kappa shape index (κ2) is 11.6. The molecule has 1 N–H and O–H groups in total. The SMILES string of the molecule is CCCCCC1OC1CC#CCCCCCCCC(=O)O. The average molecular weight is 294 g/mol. The van der Waals surface area contributed by atoms with Crippen molar-refractivity contribution in [3.8, 4) is 11.8 Å². The van der Waals surface area contributed by atoms with E-state index in [0.717, 1.165) is 44.9 Å². The summed E-state index contributed by atoms with van der Waals surface area (Å²) in [6, 6.07) is 0. The Morgan fingerprint density at radius 1 is 1.00 bits per heavy atom. The van der Waals surface area contributed by atoms with Crippen LogP contribution in [0.3, 0.4) is 0 Å². The molecule has 2 atom stereocenters. The van der Waals surface area contributed by atoms with E-state index in [1.165, 1.54) is 25.7 Å². The minimum Gasteiger partial charge on any atom is -0.481 e. The lowest BCUT2D eigenvalue weighted by Crippen LogP contribution is -1.93. The van der Waals surface area contributed by atoms with E-state index < -0.39 is 5.97 Å². The molecule has 1 rings (SSSR count). The van der Waals surface area contributed by atoms with Gasteiger partial charge in [0, 0.05) is 19.3 Å². The summed E-state index contributed by atoms with van der Waals surface area (Å²) in [5.74, 6) is 5.78. The molecular formula is C18H30O3. The van der Waals surface area contributed by atoms with E-state index in [1.807, 2.05) is 0 Å². The molecule has 2 unspecified atom stereocenters. The lowest BCUT2D eigenvalue weighted by molar-refractivity contribution is -0.137. The van der Waals surface area contributed by atoms with E-state index in [2.05, 4.69) is 18.8 Å². The minimum absolute atomic E-state index is 0.306. The highest BCUT2D eigenvalue weighted by molar-refractivity contribution is 5.66. The van der Waals surface area contributed by atoms with Gasteiger partial charge < -0.3 is 9.84 Å². The first-order valence-electron chi connectivity index (χ1n) is 8.57. The zero-order chi connectivity index (χ0) is 15.3. The number of rotatable bonds is 12. The van der Waals surface area contributed by atoms with Crippen LogP contribution in [0, 0.1) is 11.8 Å². The second-order valence-electron chi connectivity index (χ2n) is 5.93. The highest BCUT2D eigenvalue weighted by atomic mass is 16.6. The number of unbranched alkanes of at least 4 members (excludes halogenated alkanes) is 7. The van der Waals surface area contributed by atoms with E-state index in [4.69, 9.17) is 9.84 Å². The number of carboxylic acids is 1. The number of hydrogen-bond acceptors (Lipinski definition) is 2. The molecule has 3 nitrogen and oxygen atoms in total. The van der Waals surface area contributed by atoms with Gasteiger partial charge in [0.15, 0.2) is 0 Å². The first kappa shape index (κ1) is 18.0. The number of aliphatic carboxylic acids is 1. The van der Waals surface area contributed by atoms with Crippen molar-refractivity contribution < 1.29 is 14.6 Å². The van der Waals surface area contributed by atoms with Crippen LogP contribution >= 0.6 is 0 Å². The van der Waals surface area contributed by atoms with Crippen LogP contribution in [0.2, 0.25) is 0 Å². The fourth-order valence-corrected chi connectivity index (χ4v) is 2.49. The fraction of sp³-hybridized carbons (Fsp3) is 0.833. The largest absolute Gasteiger partial charge is 0.481 e. The van der Waals surface area contributed by atoms with Crippen LogP contribution in [-0.4, -0.2) is 23.3 Å². The summed E-state index contributed by atoms with van der Waals surface area (Å²) in [5, 5.41) is 8.51. The zero-order valence-corrected chi connectivity index (χ0v) is 13.4. The normalized spacial score (nSPS) is 19.9. The summed E-state index contributed by atoms with van der Waals surface area (Å²) in [4.78, 5) is 10.3. The van der Waals surface area contributed by atoms with E-state index in [0.29, 0.717) is 18.6 Å². The fourth-order valence-electron chi connectivity index (χ4n) is 2.49. The van der Waals surface area contributed by atoms with Crippen molar-refractivity contribution in [3.05, 3.63) is 0 Å². The average Bonchev–Trinajstić information content (AvgIpc) is 3.19. The number of hydrogen-bond donors (Lipinski definition) is 1. The summed E-state index contributed by atoms with van der Waals surface area (Å²) >= 11 is 0. The summed E-state index contributed by atoms with van der Waals surface area (Å²) in [5.41, 5.74) is 0.